The summed E-state index contributed by atoms with van der Waals surface area (Å²) in [5.74, 6) is 1.56. The third-order valence-electron chi connectivity index (χ3n) is 5.80. The van der Waals surface area contributed by atoms with Gasteiger partial charge < -0.3 is 19.3 Å². The topological polar surface area (TPSA) is 98.4 Å². The number of esters is 1. The van der Waals surface area contributed by atoms with E-state index in [0.717, 1.165) is 29.8 Å². The maximum atomic E-state index is 12.5. The zero-order valence-corrected chi connectivity index (χ0v) is 20.2. The van der Waals surface area contributed by atoms with Crippen LogP contribution in [0.25, 0.3) is 4.96 Å². The van der Waals surface area contributed by atoms with Gasteiger partial charge in [-0.1, -0.05) is 17.4 Å². The summed E-state index contributed by atoms with van der Waals surface area (Å²) in [6, 6.07) is 5.49. The van der Waals surface area contributed by atoms with Crippen molar-refractivity contribution in [1.82, 2.24) is 19.5 Å². The predicted octanol–water partition coefficient (Wildman–Crippen LogP) is 3.58. The van der Waals surface area contributed by atoms with E-state index in [0.29, 0.717) is 42.0 Å². The van der Waals surface area contributed by atoms with E-state index in [-0.39, 0.29) is 23.8 Å². The van der Waals surface area contributed by atoms with E-state index in [2.05, 4.69) is 15.0 Å². The number of likely N-dealkylation sites (tertiary alicyclic amines) is 1. The van der Waals surface area contributed by atoms with E-state index in [1.165, 1.54) is 15.9 Å². The Morgan fingerprint density at radius 1 is 1.30 bits per heavy atom. The van der Waals surface area contributed by atoms with Gasteiger partial charge in [-0.15, -0.1) is 5.10 Å². The van der Waals surface area contributed by atoms with Gasteiger partial charge in [-0.05, 0) is 57.9 Å². The summed E-state index contributed by atoms with van der Waals surface area (Å²) in [4.78, 5) is 20.5. The van der Waals surface area contributed by atoms with Crippen molar-refractivity contribution in [2.24, 2.45) is 5.92 Å². The summed E-state index contributed by atoms with van der Waals surface area (Å²) < 4.78 is 18.1. The van der Waals surface area contributed by atoms with Crippen molar-refractivity contribution in [3.8, 4) is 17.4 Å². The number of hydrogen-bond acceptors (Lipinski definition) is 9. The van der Waals surface area contributed by atoms with Crippen molar-refractivity contribution in [2.75, 3.05) is 33.4 Å². The Labute approximate surface area is 196 Å². The molecule has 0 spiro atoms. The molecule has 10 heteroatoms. The van der Waals surface area contributed by atoms with Gasteiger partial charge in [-0.25, -0.2) is 4.98 Å². The smallest absolute Gasteiger partial charge is 0.310 e. The highest BCUT2D eigenvalue weighted by Gasteiger charge is 2.35. The normalized spacial score (nSPS) is 17.8. The Hall–Kier alpha value is -2.85. The summed E-state index contributed by atoms with van der Waals surface area (Å²) in [5.41, 5.74) is 0.927. The first kappa shape index (κ1) is 23.3. The van der Waals surface area contributed by atoms with Crippen LogP contribution in [0, 0.1) is 12.8 Å². The number of methoxy groups -OCH3 is 1. The van der Waals surface area contributed by atoms with Crippen molar-refractivity contribution < 1.29 is 24.1 Å². The largest absolute Gasteiger partial charge is 0.493 e. The van der Waals surface area contributed by atoms with Crippen LogP contribution in [0.15, 0.2) is 18.2 Å². The number of ether oxygens (including phenoxy) is 3. The maximum Gasteiger partial charge on any atom is 0.310 e. The van der Waals surface area contributed by atoms with Crippen molar-refractivity contribution in [1.29, 1.82) is 0 Å². The van der Waals surface area contributed by atoms with Crippen LogP contribution in [0.4, 0.5) is 0 Å². The van der Waals surface area contributed by atoms with E-state index in [9.17, 15) is 9.90 Å². The minimum atomic E-state index is -0.305. The van der Waals surface area contributed by atoms with E-state index >= 15 is 0 Å². The molecule has 9 nitrogen and oxygen atoms in total. The van der Waals surface area contributed by atoms with Gasteiger partial charge in [0.2, 0.25) is 10.8 Å². The molecule has 0 bridgehead atoms. The molecule has 0 aliphatic carbocycles. The van der Waals surface area contributed by atoms with Gasteiger partial charge >= 0.3 is 5.97 Å². The van der Waals surface area contributed by atoms with Crippen molar-refractivity contribution in [3.05, 3.63) is 34.5 Å². The fourth-order valence-electron chi connectivity index (χ4n) is 4.38. The molecule has 1 N–H and O–H groups in total. The highest BCUT2D eigenvalue weighted by atomic mass is 32.1. The average molecular weight is 475 g/mol. The lowest BCUT2D eigenvalue weighted by atomic mass is 9.94. The number of fused-ring (bicyclic) bond motifs is 1. The highest BCUT2D eigenvalue weighted by Crippen LogP contribution is 2.43. The summed E-state index contributed by atoms with van der Waals surface area (Å²) in [6.07, 6.45) is 1.64. The van der Waals surface area contributed by atoms with E-state index in [4.69, 9.17) is 14.2 Å². The molecule has 3 aromatic rings. The first-order chi connectivity index (χ1) is 16.0. The predicted molar refractivity (Wildman–Crippen MR) is 124 cm³/mol. The Balaban J connectivity index is 1.78. The molecule has 1 aromatic carbocycles. The lowest BCUT2D eigenvalue weighted by molar-refractivity contribution is -0.150. The number of nitrogens with zero attached hydrogens (tertiary/aromatic N) is 4. The average Bonchev–Trinajstić information content (AvgIpc) is 3.32. The number of carbonyl (C=O) groups excluding carboxylic acids is 1. The summed E-state index contributed by atoms with van der Waals surface area (Å²) >= 11 is 1.40. The van der Waals surface area contributed by atoms with Crippen LogP contribution in [0.2, 0.25) is 0 Å². The van der Waals surface area contributed by atoms with E-state index in [1.54, 1.807) is 14.0 Å². The second-order valence-corrected chi connectivity index (χ2v) is 8.98. The van der Waals surface area contributed by atoms with Gasteiger partial charge in [0.05, 0.1) is 37.2 Å². The van der Waals surface area contributed by atoms with Crippen LogP contribution < -0.4 is 9.47 Å². The van der Waals surface area contributed by atoms with Crippen LogP contribution in [0.1, 0.15) is 49.0 Å². The molecule has 4 rings (SSSR count). The summed E-state index contributed by atoms with van der Waals surface area (Å²) in [5, 5.41) is 15.4. The minimum absolute atomic E-state index is 0.0618. The Bertz CT molecular complexity index is 1130. The van der Waals surface area contributed by atoms with Crippen LogP contribution in [0.3, 0.4) is 0 Å². The van der Waals surface area contributed by atoms with Gasteiger partial charge in [0.1, 0.15) is 5.82 Å². The fourth-order valence-corrected chi connectivity index (χ4v) is 5.54. The van der Waals surface area contributed by atoms with E-state index < -0.39 is 0 Å². The first-order valence-electron chi connectivity index (χ1n) is 11.2. The molecule has 33 heavy (non-hydrogen) atoms. The van der Waals surface area contributed by atoms with E-state index in [1.807, 2.05) is 32.0 Å². The molecule has 0 saturated carbocycles. The van der Waals surface area contributed by atoms with Crippen LogP contribution in [0.5, 0.6) is 17.4 Å². The second kappa shape index (κ2) is 9.96. The monoisotopic (exact) mass is 474 g/mol. The van der Waals surface area contributed by atoms with Crippen molar-refractivity contribution >= 4 is 22.3 Å². The molecule has 2 aromatic heterocycles. The molecule has 1 aliphatic heterocycles. The highest BCUT2D eigenvalue weighted by molar-refractivity contribution is 7.17. The summed E-state index contributed by atoms with van der Waals surface area (Å²) in [6.45, 7) is 7.74. The van der Waals surface area contributed by atoms with Crippen molar-refractivity contribution in [2.45, 2.75) is 39.7 Å². The third-order valence-corrected chi connectivity index (χ3v) is 6.87. The van der Waals surface area contributed by atoms with Crippen molar-refractivity contribution in [3.63, 3.8) is 0 Å². The van der Waals surface area contributed by atoms with Gasteiger partial charge in [0, 0.05) is 6.54 Å². The SMILES string of the molecule is CCOC(=O)[C@H]1CCCN([C@H](c2ccc(OCC)c(OC)c2)c2sc3nc(C)nn3c2O)C1. The van der Waals surface area contributed by atoms with Crippen LogP contribution in [-0.2, 0) is 9.53 Å². The Kier molecular flexibility index (Phi) is 7.04. The molecule has 0 amide bonds. The Morgan fingerprint density at radius 2 is 2.12 bits per heavy atom. The standard InChI is InChI=1S/C23H30N4O5S/c1-5-31-17-10-9-15(12-18(17)30-4)19(20-21(28)27-23(33-20)24-14(3)25-27)26-11-7-8-16(13-26)22(29)32-6-2/h9-10,12,16,19,28H,5-8,11,13H2,1-4H3/t16-,19+/m0/s1. The first-order valence-corrected chi connectivity index (χ1v) is 12.0. The zero-order valence-electron chi connectivity index (χ0n) is 19.4. The van der Waals surface area contributed by atoms with Gasteiger partial charge in [-0.3, -0.25) is 9.69 Å². The molecule has 2 atom stereocenters. The molecule has 1 aliphatic rings. The zero-order chi connectivity index (χ0) is 23.5. The number of thiazole rings is 1. The lowest BCUT2D eigenvalue weighted by Crippen LogP contribution is -2.41. The molecule has 0 radical (unpaired) electrons. The second-order valence-electron chi connectivity index (χ2n) is 7.98. The van der Waals surface area contributed by atoms with Gasteiger partial charge in [0.25, 0.3) is 0 Å². The molecular formula is C23H30N4O5S. The molecule has 3 heterocycles. The maximum absolute atomic E-state index is 12.5. The number of aromatic nitrogens is 3. The quantitative estimate of drug-likeness (QED) is 0.495. The van der Waals surface area contributed by atoms with Gasteiger partial charge in [0.15, 0.2) is 11.5 Å². The molecular weight excluding hydrogens is 444 g/mol. The molecule has 1 fully saturated rings. The van der Waals surface area contributed by atoms with Crippen LogP contribution >= 0.6 is 11.3 Å². The number of hydrogen-bond donors (Lipinski definition) is 1. The minimum Gasteiger partial charge on any atom is -0.493 e. The molecule has 178 valence electrons. The number of benzene rings is 1. The number of piperidine rings is 1. The fraction of sp³-hybridized carbons (Fsp3) is 0.522. The number of aryl methyl sites for hydroxylation is 1. The Morgan fingerprint density at radius 3 is 2.82 bits per heavy atom. The third kappa shape index (κ3) is 4.63. The number of rotatable bonds is 8. The molecule has 1 saturated heterocycles. The number of aromatic hydroxyl groups is 1. The van der Waals surface area contributed by atoms with Crippen LogP contribution in [-0.4, -0.2) is 64.0 Å². The lowest BCUT2D eigenvalue weighted by Gasteiger charge is -2.37. The number of carbonyl (C=O) groups is 1. The summed E-state index contributed by atoms with van der Waals surface area (Å²) in [7, 11) is 1.61. The molecule has 0 unspecified atom stereocenters. The van der Waals surface area contributed by atoms with Gasteiger partial charge in [-0.2, -0.15) is 4.52 Å².